The summed E-state index contributed by atoms with van der Waals surface area (Å²) < 4.78 is 35.7. The van der Waals surface area contributed by atoms with Crippen LogP contribution in [-0.4, -0.2) is 44.9 Å². The molecule has 27 heavy (non-hydrogen) atoms. The van der Waals surface area contributed by atoms with Crippen molar-refractivity contribution in [2.45, 2.75) is 12.7 Å². The highest BCUT2D eigenvalue weighted by atomic mass is 127. The third-order valence-corrected chi connectivity index (χ3v) is 4.60. The van der Waals surface area contributed by atoms with Gasteiger partial charge in [-0.05, 0) is 46.4 Å². The zero-order valence-electron chi connectivity index (χ0n) is 13.9. The number of ether oxygens (including phenoxy) is 1. The molecule has 0 aliphatic rings. The van der Waals surface area contributed by atoms with Crippen LogP contribution in [0.4, 0.5) is 8.78 Å². The number of aliphatic hydroxyl groups is 2. The molecule has 0 aliphatic carbocycles. The minimum atomic E-state index is -1.72. The van der Waals surface area contributed by atoms with E-state index in [0.29, 0.717) is 11.3 Å². The second-order valence-corrected chi connectivity index (χ2v) is 7.08. The molecule has 0 spiro atoms. The van der Waals surface area contributed by atoms with Gasteiger partial charge in [0.1, 0.15) is 23.8 Å². The van der Waals surface area contributed by atoms with Gasteiger partial charge in [-0.3, -0.25) is 9.20 Å². The summed E-state index contributed by atoms with van der Waals surface area (Å²) in [5, 5.41) is 17.6. The van der Waals surface area contributed by atoms with Crippen molar-refractivity contribution >= 4 is 33.9 Å². The van der Waals surface area contributed by atoms with Gasteiger partial charge < -0.3 is 14.9 Å². The lowest BCUT2D eigenvalue weighted by Crippen LogP contribution is -2.20. The molecule has 2 aromatic heterocycles. The Morgan fingerprint density at radius 2 is 2.04 bits per heavy atom. The Kier molecular flexibility index (Phi) is 6.15. The van der Waals surface area contributed by atoms with Crippen molar-refractivity contribution in [3.8, 4) is 0 Å². The summed E-state index contributed by atoms with van der Waals surface area (Å²) in [6.45, 7) is -0.929. The van der Waals surface area contributed by atoms with Gasteiger partial charge in [0, 0.05) is 21.2 Å². The van der Waals surface area contributed by atoms with E-state index in [1.165, 1.54) is 23.0 Å². The Morgan fingerprint density at radius 3 is 2.74 bits per heavy atom. The molecular formula is C18H15F2IN2O4. The van der Waals surface area contributed by atoms with Gasteiger partial charge in [-0.15, -0.1) is 0 Å². The van der Waals surface area contributed by atoms with Crippen LogP contribution in [0.1, 0.15) is 21.6 Å². The van der Waals surface area contributed by atoms with E-state index in [4.69, 9.17) is 14.9 Å². The Labute approximate surface area is 166 Å². The zero-order chi connectivity index (χ0) is 19.6. The first-order valence-corrected chi connectivity index (χ1v) is 8.99. The van der Waals surface area contributed by atoms with Crippen molar-refractivity contribution in [1.82, 2.24) is 9.38 Å². The highest BCUT2D eigenvalue weighted by Gasteiger charge is 2.20. The van der Waals surface area contributed by atoms with Crippen LogP contribution in [0.2, 0.25) is 0 Å². The summed E-state index contributed by atoms with van der Waals surface area (Å²) in [6, 6.07) is 5.78. The van der Waals surface area contributed by atoms with Crippen molar-refractivity contribution in [2.75, 3.05) is 13.2 Å². The van der Waals surface area contributed by atoms with Crippen LogP contribution >= 0.6 is 22.6 Å². The van der Waals surface area contributed by atoms with Crippen LogP contribution in [0.15, 0.2) is 36.8 Å². The third-order valence-electron chi connectivity index (χ3n) is 3.93. The van der Waals surface area contributed by atoms with Gasteiger partial charge in [0.15, 0.2) is 12.1 Å². The largest absolute Gasteiger partial charge is 0.368 e. The lowest BCUT2D eigenvalue weighted by molar-refractivity contribution is -0.0908. The lowest BCUT2D eigenvalue weighted by Gasteiger charge is -2.14. The van der Waals surface area contributed by atoms with Crippen LogP contribution in [0.25, 0.3) is 5.52 Å². The van der Waals surface area contributed by atoms with Crippen molar-refractivity contribution in [3.05, 3.63) is 68.8 Å². The number of rotatable bonds is 7. The van der Waals surface area contributed by atoms with E-state index < -0.39 is 36.9 Å². The first kappa shape index (κ1) is 19.8. The molecule has 142 valence electrons. The molecule has 3 aromatic rings. The van der Waals surface area contributed by atoms with Gasteiger partial charge in [0.25, 0.3) is 0 Å². The van der Waals surface area contributed by atoms with Crippen molar-refractivity contribution in [1.29, 1.82) is 0 Å². The predicted molar refractivity (Wildman–Crippen MR) is 100 cm³/mol. The second-order valence-electron chi connectivity index (χ2n) is 5.83. The molecule has 0 aliphatic heterocycles. The SMILES string of the molecule is O=C(COCC(O)O)c1cc(F)c2cncn2c1Cc1ccc(I)cc1F. The minimum Gasteiger partial charge on any atom is -0.368 e. The number of aliphatic hydroxyl groups excluding tert-OH is 1. The molecule has 2 N–H and O–H groups in total. The van der Waals surface area contributed by atoms with E-state index in [9.17, 15) is 13.6 Å². The number of Topliss-reactive ketones (excluding diaryl/α,β-unsaturated/α-hetero) is 1. The standard InChI is InChI=1S/C18H15F2IN2O4/c19-13-4-11(21)2-1-10(13)3-15-12(17(24)7-27-8-18(25)26)5-14(20)16-6-22-9-23(15)16/h1-2,4-6,9,18,25-26H,3,7-8H2. The number of halogens is 3. The van der Waals surface area contributed by atoms with E-state index in [0.717, 1.165) is 9.64 Å². The fourth-order valence-electron chi connectivity index (χ4n) is 2.70. The molecule has 0 radical (unpaired) electrons. The van der Waals surface area contributed by atoms with Gasteiger partial charge >= 0.3 is 0 Å². The Bertz CT molecular complexity index is 991. The summed E-state index contributed by atoms with van der Waals surface area (Å²) in [5.41, 5.74) is 0.891. The highest BCUT2D eigenvalue weighted by molar-refractivity contribution is 14.1. The monoisotopic (exact) mass is 488 g/mol. The number of pyridine rings is 1. The number of imidazole rings is 1. The number of nitrogens with zero attached hydrogens (tertiary/aromatic N) is 2. The molecule has 3 rings (SSSR count). The maximum atomic E-state index is 14.3. The normalized spacial score (nSPS) is 11.5. The molecule has 9 heteroatoms. The van der Waals surface area contributed by atoms with E-state index in [1.54, 1.807) is 12.1 Å². The topological polar surface area (TPSA) is 84.1 Å². The van der Waals surface area contributed by atoms with E-state index >= 15 is 0 Å². The molecular weight excluding hydrogens is 473 g/mol. The number of hydrogen-bond acceptors (Lipinski definition) is 5. The number of ketones is 1. The minimum absolute atomic E-state index is 0.0170. The summed E-state index contributed by atoms with van der Waals surface area (Å²) in [4.78, 5) is 16.4. The number of fused-ring (bicyclic) bond motifs is 1. The molecule has 0 atom stereocenters. The summed E-state index contributed by atoms with van der Waals surface area (Å²) in [5.74, 6) is -1.64. The van der Waals surface area contributed by atoms with Gasteiger partial charge in [0.05, 0.1) is 19.1 Å². The number of carbonyl (C=O) groups excluding carboxylic acids is 1. The average Bonchev–Trinajstić information content (AvgIpc) is 3.09. The van der Waals surface area contributed by atoms with Gasteiger partial charge in [-0.2, -0.15) is 0 Å². The first-order chi connectivity index (χ1) is 12.9. The van der Waals surface area contributed by atoms with Crippen molar-refractivity contribution < 1.29 is 28.5 Å². The lowest BCUT2D eigenvalue weighted by atomic mass is 10.0. The van der Waals surface area contributed by atoms with Crippen LogP contribution in [0.3, 0.4) is 0 Å². The molecule has 0 bridgehead atoms. The van der Waals surface area contributed by atoms with Crippen LogP contribution in [0.5, 0.6) is 0 Å². The van der Waals surface area contributed by atoms with Gasteiger partial charge in [-0.25, -0.2) is 13.8 Å². The summed E-state index contributed by atoms with van der Waals surface area (Å²) in [6.07, 6.45) is 0.995. The maximum Gasteiger partial charge on any atom is 0.190 e. The van der Waals surface area contributed by atoms with Crippen LogP contribution in [0, 0.1) is 15.2 Å². The molecule has 0 amide bonds. The van der Waals surface area contributed by atoms with E-state index in [1.807, 2.05) is 22.6 Å². The Hall–Kier alpha value is -1.95. The van der Waals surface area contributed by atoms with Gasteiger partial charge in [-0.1, -0.05) is 6.07 Å². The van der Waals surface area contributed by atoms with Crippen LogP contribution in [-0.2, 0) is 11.2 Å². The first-order valence-electron chi connectivity index (χ1n) is 7.91. The molecule has 6 nitrogen and oxygen atoms in total. The molecule has 1 aromatic carbocycles. The summed E-state index contributed by atoms with van der Waals surface area (Å²) >= 11 is 1.99. The Morgan fingerprint density at radius 1 is 1.26 bits per heavy atom. The van der Waals surface area contributed by atoms with E-state index in [-0.39, 0.29) is 17.5 Å². The molecule has 0 saturated carbocycles. The third kappa shape index (κ3) is 4.49. The van der Waals surface area contributed by atoms with Crippen molar-refractivity contribution in [2.24, 2.45) is 0 Å². The fraction of sp³-hybridized carbons (Fsp3) is 0.222. The highest BCUT2D eigenvalue weighted by Crippen LogP contribution is 2.23. The average molecular weight is 488 g/mol. The quantitative estimate of drug-likeness (QED) is 0.303. The van der Waals surface area contributed by atoms with Gasteiger partial charge in [0.2, 0.25) is 0 Å². The molecule has 2 heterocycles. The number of aromatic nitrogens is 2. The number of hydrogen-bond donors (Lipinski definition) is 2. The molecule has 0 unspecified atom stereocenters. The van der Waals surface area contributed by atoms with Crippen LogP contribution < -0.4 is 0 Å². The maximum absolute atomic E-state index is 14.3. The predicted octanol–water partition coefficient (Wildman–Crippen LogP) is 2.32. The number of carbonyl (C=O) groups is 1. The van der Waals surface area contributed by atoms with E-state index in [2.05, 4.69) is 4.98 Å². The fourth-order valence-corrected chi connectivity index (χ4v) is 3.16. The summed E-state index contributed by atoms with van der Waals surface area (Å²) in [7, 11) is 0. The second kappa shape index (κ2) is 8.38. The Balaban J connectivity index is 2.02. The molecule has 0 saturated heterocycles. The molecule has 0 fully saturated rings. The zero-order valence-corrected chi connectivity index (χ0v) is 16.1. The van der Waals surface area contributed by atoms with Crippen molar-refractivity contribution in [3.63, 3.8) is 0 Å². The smallest absolute Gasteiger partial charge is 0.190 e. The number of benzene rings is 1.